The van der Waals surface area contributed by atoms with Crippen LogP contribution in [0.15, 0.2) is 42.5 Å². The van der Waals surface area contributed by atoms with Crippen molar-refractivity contribution in [1.29, 1.82) is 0 Å². The standard InChI is InChI=1S/C18H14Cl3FN2O3/c1-10-16(25)24(9-11-4-2-3-5-13(11)22)14-8-12(6-7-15(14)27-10)23-17(26)18(19,20)21/h2-8,10H,9H2,1H3,(H,23,26). The van der Waals surface area contributed by atoms with Crippen molar-refractivity contribution in [2.75, 3.05) is 10.2 Å². The monoisotopic (exact) mass is 430 g/mol. The maximum atomic E-state index is 14.1. The Kier molecular flexibility index (Phi) is 5.51. The molecule has 0 aromatic heterocycles. The van der Waals surface area contributed by atoms with Crippen LogP contribution in [-0.4, -0.2) is 21.7 Å². The van der Waals surface area contributed by atoms with Gasteiger partial charge in [-0.3, -0.25) is 9.59 Å². The maximum Gasteiger partial charge on any atom is 0.276 e. The fourth-order valence-electron chi connectivity index (χ4n) is 2.65. The van der Waals surface area contributed by atoms with Crippen LogP contribution in [0.5, 0.6) is 5.75 Å². The van der Waals surface area contributed by atoms with Crippen molar-refractivity contribution >= 4 is 58.0 Å². The molecule has 0 bridgehead atoms. The van der Waals surface area contributed by atoms with Gasteiger partial charge in [0, 0.05) is 11.3 Å². The van der Waals surface area contributed by atoms with Crippen molar-refractivity contribution in [3.05, 3.63) is 53.8 Å². The highest BCUT2D eigenvalue weighted by atomic mass is 35.6. The number of alkyl halides is 3. The average Bonchev–Trinajstić information content (AvgIpc) is 2.60. The molecule has 142 valence electrons. The van der Waals surface area contributed by atoms with Gasteiger partial charge in [0.2, 0.25) is 0 Å². The molecular formula is C18H14Cl3FN2O3. The minimum absolute atomic E-state index is 0.00800. The lowest BCUT2D eigenvalue weighted by molar-refractivity contribution is -0.125. The van der Waals surface area contributed by atoms with E-state index in [1.54, 1.807) is 37.3 Å². The summed E-state index contributed by atoms with van der Waals surface area (Å²) < 4.78 is 17.5. The first-order valence-corrected chi connectivity index (χ1v) is 9.04. The summed E-state index contributed by atoms with van der Waals surface area (Å²) in [6, 6.07) is 10.8. The smallest absolute Gasteiger partial charge is 0.276 e. The largest absolute Gasteiger partial charge is 0.479 e. The molecule has 1 N–H and O–H groups in total. The highest BCUT2D eigenvalue weighted by Gasteiger charge is 2.34. The Morgan fingerprint density at radius 2 is 1.96 bits per heavy atom. The van der Waals surface area contributed by atoms with Gasteiger partial charge >= 0.3 is 0 Å². The molecule has 5 nitrogen and oxygen atoms in total. The van der Waals surface area contributed by atoms with Crippen LogP contribution in [0, 0.1) is 5.82 Å². The van der Waals surface area contributed by atoms with Crippen LogP contribution in [0.25, 0.3) is 0 Å². The van der Waals surface area contributed by atoms with Crippen molar-refractivity contribution in [1.82, 2.24) is 0 Å². The molecular weight excluding hydrogens is 418 g/mol. The Hall–Kier alpha value is -2.02. The second-order valence-corrected chi connectivity index (χ2v) is 8.19. The van der Waals surface area contributed by atoms with Crippen LogP contribution in [0.2, 0.25) is 0 Å². The van der Waals surface area contributed by atoms with E-state index in [4.69, 9.17) is 39.5 Å². The van der Waals surface area contributed by atoms with Crippen molar-refractivity contribution in [3.8, 4) is 5.75 Å². The summed E-state index contributed by atoms with van der Waals surface area (Å²) in [5.74, 6) is -1.18. The van der Waals surface area contributed by atoms with Crippen LogP contribution < -0.4 is 15.0 Å². The number of anilines is 2. The molecule has 0 saturated carbocycles. The molecule has 1 aliphatic rings. The topological polar surface area (TPSA) is 58.6 Å². The lowest BCUT2D eigenvalue weighted by Crippen LogP contribution is -2.44. The third-order valence-corrected chi connectivity index (χ3v) is 4.48. The Bertz CT molecular complexity index is 902. The van der Waals surface area contributed by atoms with Crippen molar-refractivity contribution in [2.45, 2.75) is 23.4 Å². The van der Waals surface area contributed by atoms with Crippen LogP contribution in [0.3, 0.4) is 0 Å². The van der Waals surface area contributed by atoms with E-state index in [2.05, 4.69) is 5.32 Å². The van der Waals surface area contributed by atoms with Gasteiger partial charge in [-0.25, -0.2) is 4.39 Å². The zero-order chi connectivity index (χ0) is 19.8. The number of ether oxygens (including phenoxy) is 1. The van der Waals surface area contributed by atoms with E-state index in [1.165, 1.54) is 17.0 Å². The predicted octanol–water partition coefficient (Wildman–Crippen LogP) is 4.45. The number of nitrogens with zero attached hydrogens (tertiary/aromatic N) is 1. The van der Waals surface area contributed by atoms with Gasteiger partial charge in [-0.15, -0.1) is 0 Å². The first kappa shape index (κ1) is 19.7. The summed E-state index contributed by atoms with van der Waals surface area (Å²) in [6.45, 7) is 1.62. The van der Waals surface area contributed by atoms with Gasteiger partial charge in [-0.2, -0.15) is 0 Å². The average molecular weight is 432 g/mol. The van der Waals surface area contributed by atoms with Gasteiger partial charge in [0.25, 0.3) is 15.6 Å². The highest BCUT2D eigenvalue weighted by Crippen LogP contribution is 2.38. The van der Waals surface area contributed by atoms with Gasteiger partial charge in [0.15, 0.2) is 6.10 Å². The number of carbonyl (C=O) groups excluding carboxylic acids is 2. The predicted molar refractivity (Wildman–Crippen MR) is 103 cm³/mol. The van der Waals surface area contributed by atoms with Gasteiger partial charge in [0.1, 0.15) is 11.6 Å². The maximum absolute atomic E-state index is 14.1. The fraction of sp³-hybridized carbons (Fsp3) is 0.222. The second kappa shape index (κ2) is 7.54. The molecule has 2 aromatic rings. The van der Waals surface area contributed by atoms with E-state index < -0.39 is 21.6 Å². The second-order valence-electron chi connectivity index (χ2n) is 5.91. The third kappa shape index (κ3) is 4.29. The molecule has 27 heavy (non-hydrogen) atoms. The number of hydrogen-bond acceptors (Lipinski definition) is 3. The highest BCUT2D eigenvalue weighted by molar-refractivity contribution is 6.76. The zero-order valence-electron chi connectivity index (χ0n) is 14.0. The molecule has 1 unspecified atom stereocenters. The van der Waals surface area contributed by atoms with Crippen LogP contribution in [-0.2, 0) is 16.1 Å². The molecule has 1 aliphatic heterocycles. The Balaban J connectivity index is 1.96. The molecule has 3 rings (SSSR count). The fourth-order valence-corrected chi connectivity index (χ4v) is 2.79. The number of fused-ring (bicyclic) bond motifs is 1. The van der Waals surface area contributed by atoms with Gasteiger partial charge in [0.05, 0.1) is 12.2 Å². The van der Waals surface area contributed by atoms with Crippen molar-refractivity contribution in [2.24, 2.45) is 0 Å². The molecule has 0 radical (unpaired) electrons. The quantitative estimate of drug-likeness (QED) is 0.731. The Morgan fingerprint density at radius 1 is 1.26 bits per heavy atom. The minimum atomic E-state index is -2.14. The van der Waals surface area contributed by atoms with Gasteiger partial charge in [-0.1, -0.05) is 53.0 Å². The molecule has 9 heteroatoms. The normalized spacial score (nSPS) is 16.6. The molecule has 0 saturated heterocycles. The first-order valence-electron chi connectivity index (χ1n) is 7.90. The third-order valence-electron chi connectivity index (χ3n) is 3.97. The van der Waals surface area contributed by atoms with E-state index in [0.717, 1.165) is 0 Å². The molecule has 0 spiro atoms. The van der Waals surface area contributed by atoms with E-state index in [0.29, 0.717) is 22.7 Å². The molecule has 1 atom stereocenters. The number of nitrogens with one attached hydrogen (secondary N) is 1. The summed E-state index contributed by atoms with van der Waals surface area (Å²) >= 11 is 16.7. The van der Waals surface area contributed by atoms with E-state index >= 15 is 0 Å². The minimum Gasteiger partial charge on any atom is -0.479 e. The van der Waals surface area contributed by atoms with Crippen LogP contribution in [0.4, 0.5) is 15.8 Å². The Morgan fingerprint density at radius 3 is 2.63 bits per heavy atom. The number of amides is 2. The first-order chi connectivity index (χ1) is 12.7. The molecule has 0 fully saturated rings. The summed E-state index contributed by atoms with van der Waals surface area (Å²) in [5.41, 5.74) is 1.03. The van der Waals surface area contributed by atoms with Crippen molar-refractivity contribution in [3.63, 3.8) is 0 Å². The van der Waals surface area contributed by atoms with Crippen LogP contribution in [0.1, 0.15) is 12.5 Å². The number of halogens is 4. The van der Waals surface area contributed by atoms with E-state index in [-0.39, 0.29) is 12.5 Å². The Labute approximate surface area is 169 Å². The number of carbonyl (C=O) groups is 2. The molecule has 2 amide bonds. The zero-order valence-corrected chi connectivity index (χ0v) is 16.3. The number of hydrogen-bond donors (Lipinski definition) is 1. The summed E-state index contributed by atoms with van der Waals surface area (Å²) in [7, 11) is 0. The van der Waals surface area contributed by atoms with Crippen LogP contribution >= 0.6 is 34.8 Å². The SMILES string of the molecule is CC1Oc2ccc(NC(=O)C(Cl)(Cl)Cl)cc2N(Cc2ccccc2F)C1=O. The molecule has 2 aromatic carbocycles. The van der Waals surface area contributed by atoms with Crippen molar-refractivity contribution < 1.29 is 18.7 Å². The number of rotatable bonds is 3. The van der Waals surface area contributed by atoms with E-state index in [1.807, 2.05) is 0 Å². The number of benzene rings is 2. The lowest BCUT2D eigenvalue weighted by Gasteiger charge is -2.33. The lowest BCUT2D eigenvalue weighted by atomic mass is 10.1. The molecule has 0 aliphatic carbocycles. The summed E-state index contributed by atoms with van der Waals surface area (Å²) in [4.78, 5) is 25.9. The summed E-state index contributed by atoms with van der Waals surface area (Å²) in [6.07, 6.45) is -0.731. The van der Waals surface area contributed by atoms with E-state index in [9.17, 15) is 14.0 Å². The molecule has 1 heterocycles. The summed E-state index contributed by atoms with van der Waals surface area (Å²) in [5, 5.41) is 2.45. The van der Waals surface area contributed by atoms with Gasteiger partial charge < -0.3 is 15.0 Å². The van der Waals surface area contributed by atoms with Gasteiger partial charge in [-0.05, 0) is 31.2 Å².